The van der Waals surface area contributed by atoms with Crippen LogP contribution in [0.4, 0.5) is 0 Å². The molecule has 1 N–H and O–H groups in total. The van der Waals surface area contributed by atoms with E-state index >= 15 is 0 Å². The van der Waals surface area contributed by atoms with Crippen LogP contribution in [0.2, 0.25) is 0 Å². The van der Waals surface area contributed by atoms with Gasteiger partial charge in [0.15, 0.2) is 0 Å². The lowest BCUT2D eigenvalue weighted by Crippen LogP contribution is -2.49. The molecule has 0 saturated heterocycles. The average Bonchev–Trinajstić information content (AvgIpc) is 2.43. The maximum absolute atomic E-state index is 11.8. The Morgan fingerprint density at radius 3 is 2.47 bits per heavy atom. The highest BCUT2D eigenvalue weighted by atomic mass is 16.5. The van der Waals surface area contributed by atoms with Crippen LogP contribution in [-0.4, -0.2) is 18.6 Å². The number of ether oxygens (including phenoxy) is 1. The van der Waals surface area contributed by atoms with Crippen LogP contribution >= 0.6 is 0 Å². The molecule has 0 radical (unpaired) electrons. The molecule has 1 atom stereocenters. The molecule has 3 heteroatoms. The van der Waals surface area contributed by atoms with Crippen molar-refractivity contribution < 1.29 is 9.53 Å². The largest absolute Gasteiger partial charge is 0.468 e. The van der Waals surface area contributed by atoms with Crippen LogP contribution in [0.15, 0.2) is 30.3 Å². The molecule has 0 fully saturated rings. The summed E-state index contributed by atoms with van der Waals surface area (Å²) < 4.78 is 4.85. The lowest BCUT2D eigenvalue weighted by molar-refractivity contribution is -0.147. The average molecular weight is 263 g/mol. The zero-order chi connectivity index (χ0) is 14.3. The van der Waals surface area contributed by atoms with Crippen LogP contribution in [-0.2, 0) is 9.53 Å². The van der Waals surface area contributed by atoms with Gasteiger partial charge in [-0.25, -0.2) is 0 Å². The van der Waals surface area contributed by atoms with E-state index in [4.69, 9.17) is 4.74 Å². The van der Waals surface area contributed by atoms with Gasteiger partial charge >= 0.3 is 5.97 Å². The van der Waals surface area contributed by atoms with Gasteiger partial charge in [-0.3, -0.25) is 10.1 Å². The summed E-state index contributed by atoms with van der Waals surface area (Å²) >= 11 is 0. The number of hydrogen-bond donors (Lipinski definition) is 1. The number of hydrogen-bond acceptors (Lipinski definition) is 3. The molecule has 0 heterocycles. The summed E-state index contributed by atoms with van der Waals surface area (Å²) in [6.45, 7) is 5.90. The van der Waals surface area contributed by atoms with Crippen LogP contribution in [0.25, 0.3) is 0 Å². The van der Waals surface area contributed by atoms with Crippen molar-refractivity contribution in [2.45, 2.75) is 51.6 Å². The predicted molar refractivity (Wildman–Crippen MR) is 77.9 cm³/mol. The molecule has 0 bridgehead atoms. The maximum Gasteiger partial charge on any atom is 0.325 e. The zero-order valence-corrected chi connectivity index (χ0v) is 12.4. The summed E-state index contributed by atoms with van der Waals surface area (Å²) in [4.78, 5) is 11.8. The van der Waals surface area contributed by atoms with E-state index in [9.17, 15) is 4.79 Å². The summed E-state index contributed by atoms with van der Waals surface area (Å²) in [5.41, 5.74) is 0.538. The number of unbranched alkanes of at least 4 members (excludes halogenated alkanes) is 1. The van der Waals surface area contributed by atoms with Crippen LogP contribution < -0.4 is 5.32 Å². The van der Waals surface area contributed by atoms with Gasteiger partial charge in [-0.2, -0.15) is 0 Å². The van der Waals surface area contributed by atoms with Gasteiger partial charge in [0.05, 0.1) is 7.11 Å². The minimum absolute atomic E-state index is 0.176. The maximum atomic E-state index is 11.8. The van der Waals surface area contributed by atoms with E-state index in [0.29, 0.717) is 0 Å². The van der Waals surface area contributed by atoms with E-state index in [1.54, 1.807) is 0 Å². The van der Waals surface area contributed by atoms with Crippen molar-refractivity contribution >= 4 is 5.97 Å². The number of rotatable bonds is 7. The fraction of sp³-hybridized carbons (Fsp3) is 0.562. The first-order valence-electron chi connectivity index (χ1n) is 6.92. The van der Waals surface area contributed by atoms with Crippen molar-refractivity contribution in [1.82, 2.24) is 5.32 Å². The van der Waals surface area contributed by atoms with Crippen molar-refractivity contribution in [2.75, 3.05) is 7.11 Å². The summed E-state index contributed by atoms with van der Waals surface area (Å²) in [7, 11) is 1.43. The Morgan fingerprint density at radius 1 is 1.32 bits per heavy atom. The second-order valence-electron chi connectivity index (χ2n) is 5.37. The Morgan fingerprint density at radius 2 is 1.95 bits per heavy atom. The van der Waals surface area contributed by atoms with Crippen LogP contribution in [0.1, 0.15) is 51.6 Å². The molecule has 1 rings (SSSR count). The van der Waals surface area contributed by atoms with E-state index in [2.05, 4.69) is 24.4 Å². The van der Waals surface area contributed by atoms with Crippen molar-refractivity contribution in [3.8, 4) is 0 Å². The fourth-order valence-corrected chi connectivity index (χ4v) is 2.17. The standard InChI is InChI=1S/C16H25NO2/c1-5-6-12-14(13-10-8-7-9-11-13)17-16(2,3)15(18)19-4/h7-11,14,17H,5-6,12H2,1-4H3. The number of esters is 1. The molecule has 1 unspecified atom stereocenters. The number of benzene rings is 1. The van der Waals surface area contributed by atoms with Crippen molar-refractivity contribution in [2.24, 2.45) is 0 Å². The molecule has 0 aromatic heterocycles. The van der Waals surface area contributed by atoms with Crippen molar-refractivity contribution in [3.63, 3.8) is 0 Å². The SMILES string of the molecule is CCCCC(NC(C)(C)C(=O)OC)c1ccccc1. The molecule has 0 aliphatic heterocycles. The summed E-state index contributed by atoms with van der Waals surface area (Å²) in [5.74, 6) is -0.232. The molecule has 106 valence electrons. The smallest absolute Gasteiger partial charge is 0.325 e. The lowest BCUT2D eigenvalue weighted by Gasteiger charge is -2.30. The van der Waals surface area contributed by atoms with Gasteiger partial charge in [-0.1, -0.05) is 50.1 Å². The van der Waals surface area contributed by atoms with E-state index in [1.165, 1.54) is 12.7 Å². The minimum Gasteiger partial charge on any atom is -0.468 e. The van der Waals surface area contributed by atoms with E-state index in [0.717, 1.165) is 19.3 Å². The molecule has 0 spiro atoms. The van der Waals surface area contributed by atoms with Gasteiger partial charge in [-0.15, -0.1) is 0 Å². The molecule has 1 aromatic rings. The van der Waals surface area contributed by atoms with Gasteiger partial charge in [0.1, 0.15) is 5.54 Å². The van der Waals surface area contributed by atoms with Crippen LogP contribution in [0.3, 0.4) is 0 Å². The van der Waals surface area contributed by atoms with Crippen molar-refractivity contribution in [3.05, 3.63) is 35.9 Å². The molecule has 1 aromatic carbocycles. The molecule has 19 heavy (non-hydrogen) atoms. The third kappa shape index (κ3) is 4.67. The van der Waals surface area contributed by atoms with Crippen LogP contribution in [0, 0.1) is 0 Å². The molecular weight excluding hydrogens is 238 g/mol. The number of carbonyl (C=O) groups is 1. The molecule has 0 saturated carbocycles. The molecule has 0 aliphatic carbocycles. The summed E-state index contributed by atoms with van der Waals surface area (Å²) in [5, 5.41) is 3.42. The molecule has 0 amide bonds. The normalized spacial score (nSPS) is 13.1. The zero-order valence-electron chi connectivity index (χ0n) is 12.4. The first-order chi connectivity index (χ1) is 9.01. The molecule has 3 nitrogen and oxygen atoms in total. The first-order valence-corrected chi connectivity index (χ1v) is 6.92. The number of carbonyl (C=O) groups excluding carboxylic acids is 1. The monoisotopic (exact) mass is 263 g/mol. The van der Waals surface area contributed by atoms with E-state index in [-0.39, 0.29) is 12.0 Å². The Hall–Kier alpha value is -1.35. The Labute approximate surface area is 116 Å². The lowest BCUT2D eigenvalue weighted by atomic mass is 9.96. The Kier molecular flexibility index (Phi) is 6.03. The van der Waals surface area contributed by atoms with Gasteiger partial charge in [0.25, 0.3) is 0 Å². The van der Waals surface area contributed by atoms with E-state index in [1.807, 2.05) is 32.0 Å². The fourth-order valence-electron chi connectivity index (χ4n) is 2.17. The topological polar surface area (TPSA) is 38.3 Å². The van der Waals surface area contributed by atoms with E-state index < -0.39 is 5.54 Å². The van der Waals surface area contributed by atoms with Gasteiger partial charge < -0.3 is 4.74 Å². The Bertz CT molecular complexity index is 387. The highest BCUT2D eigenvalue weighted by Gasteiger charge is 2.31. The van der Waals surface area contributed by atoms with Gasteiger partial charge in [0, 0.05) is 6.04 Å². The Balaban J connectivity index is 2.84. The number of nitrogens with one attached hydrogen (secondary N) is 1. The highest BCUT2D eigenvalue weighted by Crippen LogP contribution is 2.22. The first kappa shape index (κ1) is 15.7. The van der Waals surface area contributed by atoms with Gasteiger partial charge in [-0.05, 0) is 25.8 Å². The second kappa shape index (κ2) is 7.29. The predicted octanol–water partition coefficient (Wildman–Crippen LogP) is 3.46. The molecule has 0 aliphatic rings. The highest BCUT2D eigenvalue weighted by molar-refractivity contribution is 5.79. The third-order valence-corrected chi connectivity index (χ3v) is 3.28. The summed E-state index contributed by atoms with van der Waals surface area (Å²) in [6, 6.07) is 10.4. The summed E-state index contributed by atoms with van der Waals surface area (Å²) in [6.07, 6.45) is 3.29. The van der Waals surface area contributed by atoms with Crippen LogP contribution in [0.5, 0.6) is 0 Å². The second-order valence-corrected chi connectivity index (χ2v) is 5.37. The van der Waals surface area contributed by atoms with Gasteiger partial charge in [0.2, 0.25) is 0 Å². The van der Waals surface area contributed by atoms with Crippen molar-refractivity contribution in [1.29, 1.82) is 0 Å². The quantitative estimate of drug-likeness (QED) is 0.766. The minimum atomic E-state index is -0.678. The number of methoxy groups -OCH3 is 1. The third-order valence-electron chi connectivity index (χ3n) is 3.28. The molecular formula is C16H25NO2.